The highest BCUT2D eigenvalue weighted by Gasteiger charge is 2.40. The maximum Gasteiger partial charge on any atom is 0.408 e. The predicted molar refractivity (Wildman–Crippen MR) is 322 cm³/mol. The number of methoxy groups -OCH3 is 1. The van der Waals surface area contributed by atoms with Crippen molar-refractivity contribution in [3.8, 4) is 5.75 Å². The van der Waals surface area contributed by atoms with Crippen LogP contribution in [-0.4, -0.2) is 123 Å². The van der Waals surface area contributed by atoms with E-state index in [9.17, 15) is 50.8 Å². The molecule has 25 heteroatoms. The van der Waals surface area contributed by atoms with Crippen molar-refractivity contribution < 1.29 is 60.3 Å². The summed E-state index contributed by atoms with van der Waals surface area (Å²) in [7, 11) is -5.89. The smallest absolute Gasteiger partial charge is 0.408 e. The molecule has 0 fully saturated rings. The third-order valence-electron chi connectivity index (χ3n) is 13.4. The quantitative estimate of drug-likeness (QED) is 0.0157. The Hall–Kier alpha value is -8.59. The molecule has 0 saturated carbocycles. The molecule has 2 aromatic heterocycles. The molecule has 0 unspecified atom stereocenters. The van der Waals surface area contributed by atoms with Gasteiger partial charge >= 0.3 is 12.1 Å². The monoisotopic (exact) mass is 1210 g/mol. The fraction of sp³-hybridized carbons (Fsp3) is 0.317. The fourth-order valence-corrected chi connectivity index (χ4v) is 12.1. The molecule has 0 aliphatic rings. The number of imidazole rings is 1. The van der Waals surface area contributed by atoms with Crippen LogP contribution >= 0.6 is 10.9 Å². The maximum atomic E-state index is 14.0. The van der Waals surface area contributed by atoms with Crippen molar-refractivity contribution in [2.75, 3.05) is 44.4 Å². The first-order valence-corrected chi connectivity index (χ1v) is 30.2. The Kier molecular flexibility index (Phi) is 21.0. The molecule has 5 aromatic carbocycles. The Labute approximate surface area is 494 Å². The van der Waals surface area contributed by atoms with Gasteiger partial charge in [0.15, 0.2) is 0 Å². The molecule has 4 amide bonds. The molecule has 85 heavy (non-hydrogen) atoms. The normalized spacial score (nSPS) is 12.8. The van der Waals surface area contributed by atoms with Gasteiger partial charge in [-0.1, -0.05) is 97.1 Å². The van der Waals surface area contributed by atoms with Crippen LogP contribution in [0.5, 0.6) is 5.75 Å². The number of rotatable bonds is 26. The summed E-state index contributed by atoms with van der Waals surface area (Å²) >= 11 is 0. The number of aryl methyl sites for hydroxylation is 3. The second-order valence-corrected chi connectivity index (χ2v) is 24.2. The van der Waals surface area contributed by atoms with Gasteiger partial charge in [0.25, 0.3) is 5.91 Å². The lowest BCUT2D eigenvalue weighted by atomic mass is 9.76. The summed E-state index contributed by atoms with van der Waals surface area (Å²) in [5.41, 5.74) is 2.37. The van der Waals surface area contributed by atoms with Crippen LogP contribution in [0.3, 0.4) is 0 Å². The number of hydrogen-bond donors (Lipinski definition) is 9. The SMILES string of the molecule is COC(=O)[C@H](CNC(=O)c1cn(C)c2cc(CNc3nccn3C(c3ccccc3)(c3ccccc3)c3ccccc3)ccc2c1=O)NS(=O)(=O)c1c(C)cc(OCCCC(=O)NCCNC(=O)[C@H](CS(O)(O)O)NC(=O)OC(C)(C)C)cc1C. The van der Waals surface area contributed by atoms with Crippen LogP contribution < -0.4 is 41.5 Å². The number of nitrogens with one attached hydrogen (secondary N) is 6. The number of benzene rings is 5. The van der Waals surface area contributed by atoms with E-state index in [1.165, 1.54) is 32.2 Å². The molecule has 7 aromatic rings. The lowest BCUT2D eigenvalue weighted by Crippen LogP contribution is -2.51. The van der Waals surface area contributed by atoms with Crippen LogP contribution in [0.15, 0.2) is 150 Å². The van der Waals surface area contributed by atoms with Crippen molar-refractivity contribution in [3.05, 3.63) is 189 Å². The summed E-state index contributed by atoms with van der Waals surface area (Å²) in [6, 6.07) is 35.7. The molecule has 0 saturated heterocycles. The number of ether oxygens (including phenoxy) is 3. The van der Waals surface area contributed by atoms with E-state index < -0.39 is 91.6 Å². The minimum atomic E-state index is -4.47. The molecule has 7 rings (SSSR count). The molecule has 9 N–H and O–H groups in total. The number of fused-ring (bicyclic) bond motifs is 1. The first-order valence-electron chi connectivity index (χ1n) is 27.0. The van der Waals surface area contributed by atoms with Crippen LogP contribution in [0.1, 0.15) is 77.4 Å². The van der Waals surface area contributed by atoms with E-state index in [4.69, 9.17) is 19.2 Å². The number of anilines is 1. The number of sulfonamides is 1. The molecular weight excluding hydrogens is 1130 g/mol. The van der Waals surface area contributed by atoms with E-state index in [0.717, 1.165) is 29.4 Å². The van der Waals surface area contributed by atoms with Gasteiger partial charge in [0.2, 0.25) is 33.2 Å². The van der Waals surface area contributed by atoms with E-state index in [1.54, 1.807) is 50.7 Å². The molecule has 452 valence electrons. The predicted octanol–water partition coefficient (Wildman–Crippen LogP) is 6.56. The van der Waals surface area contributed by atoms with Gasteiger partial charge in [-0.25, -0.2) is 18.2 Å². The third kappa shape index (κ3) is 16.4. The van der Waals surface area contributed by atoms with Gasteiger partial charge in [0.1, 0.15) is 34.5 Å². The molecule has 2 heterocycles. The molecule has 0 spiro atoms. The highest BCUT2D eigenvalue weighted by Crippen LogP contribution is 2.42. The summed E-state index contributed by atoms with van der Waals surface area (Å²) in [5.74, 6) is -3.12. The Morgan fingerprint density at radius 3 is 1.92 bits per heavy atom. The van der Waals surface area contributed by atoms with E-state index in [-0.39, 0.29) is 59.5 Å². The van der Waals surface area contributed by atoms with Crippen molar-refractivity contribution >= 4 is 67.5 Å². The van der Waals surface area contributed by atoms with E-state index in [2.05, 4.69) is 72.3 Å². The van der Waals surface area contributed by atoms with Gasteiger partial charge in [-0.2, -0.15) is 4.72 Å². The summed E-state index contributed by atoms with van der Waals surface area (Å²) in [6.45, 7) is 7.47. The Balaban J connectivity index is 0.941. The number of esters is 1. The first kappa shape index (κ1) is 64.0. The van der Waals surface area contributed by atoms with Crippen molar-refractivity contribution in [2.24, 2.45) is 7.05 Å². The first-order chi connectivity index (χ1) is 40.3. The number of carbonyl (C=O) groups excluding carboxylic acids is 5. The molecule has 0 radical (unpaired) electrons. The van der Waals surface area contributed by atoms with Crippen molar-refractivity contribution in [3.63, 3.8) is 0 Å². The number of carbonyl (C=O) groups is 5. The van der Waals surface area contributed by atoms with Crippen molar-refractivity contribution in [2.45, 2.75) is 82.1 Å². The topological polar surface area (TPSA) is 320 Å². The standard InChI is InChI=1S/C60H71N9O14S2/c1-39-32-45(82-31-17-24-51(70)61-27-28-62-55(73)49(38-84(76,77)78)66-58(75)83-59(3,4)5)33-40(2)53(39)85(79,80)67-48(56(74)81-7)36-64-54(72)47-37-68(6)50-34-41(25-26-46(50)52(47)71)35-65-57-63-29-30-69(57)60(42-18-11-8-12-19-42,43-20-13-9-14-21-43)44-22-15-10-16-23-44/h8-16,18-23,25-26,29-30,32-34,37,48-49,67,76-78H,17,24,27-28,31,35-36,38H2,1-7H3,(H,61,70)(H,62,73)(H,63,65)(H,64,72)(H,66,75)/t48-,49-/m0/s1. The number of hydrogen-bond acceptors (Lipinski definition) is 16. The molecule has 2 atom stereocenters. The molecule has 0 bridgehead atoms. The third-order valence-corrected chi connectivity index (χ3v) is 16.0. The van der Waals surface area contributed by atoms with E-state index in [1.807, 2.05) is 66.9 Å². The van der Waals surface area contributed by atoms with Gasteiger partial charge < -0.3 is 59.0 Å². The van der Waals surface area contributed by atoms with Crippen LogP contribution in [0.4, 0.5) is 10.7 Å². The van der Waals surface area contributed by atoms with Gasteiger partial charge in [0, 0.05) is 63.6 Å². The van der Waals surface area contributed by atoms with Gasteiger partial charge in [-0.05, 0) is 98.7 Å². The molecule has 0 aliphatic carbocycles. The van der Waals surface area contributed by atoms with Crippen LogP contribution in [-0.2, 0) is 53.0 Å². The average Bonchev–Trinajstić information content (AvgIpc) is 2.15. The van der Waals surface area contributed by atoms with Crippen molar-refractivity contribution in [1.29, 1.82) is 0 Å². The summed E-state index contributed by atoms with van der Waals surface area (Å²) in [4.78, 5) is 82.8. The lowest BCUT2D eigenvalue weighted by Gasteiger charge is -2.38. The zero-order chi connectivity index (χ0) is 61.7. The van der Waals surface area contributed by atoms with Crippen molar-refractivity contribution in [1.82, 2.24) is 40.1 Å². The van der Waals surface area contributed by atoms with Crippen LogP contribution in [0.2, 0.25) is 0 Å². The second kappa shape index (κ2) is 27.9. The molecule has 23 nitrogen and oxygen atoms in total. The van der Waals surface area contributed by atoms with Crippen LogP contribution in [0.25, 0.3) is 10.9 Å². The highest BCUT2D eigenvalue weighted by atomic mass is 32.3. The number of alkyl carbamates (subject to hydrolysis) is 1. The summed E-state index contributed by atoms with van der Waals surface area (Å²) < 4.78 is 78.3. The Morgan fingerprint density at radius 2 is 1.35 bits per heavy atom. The van der Waals surface area contributed by atoms with E-state index in [0.29, 0.717) is 23.8 Å². The second-order valence-electron chi connectivity index (χ2n) is 21.0. The molecular formula is C60H71N9O14S2. The van der Waals surface area contributed by atoms with Gasteiger partial charge in [-0.15, -0.1) is 0 Å². The zero-order valence-corrected chi connectivity index (χ0v) is 49.7. The zero-order valence-electron chi connectivity index (χ0n) is 48.1. The minimum Gasteiger partial charge on any atom is -0.494 e. The maximum absolute atomic E-state index is 14.0. The highest BCUT2D eigenvalue weighted by molar-refractivity contribution is 8.19. The largest absolute Gasteiger partial charge is 0.494 e. The van der Waals surface area contributed by atoms with Gasteiger partial charge in [-0.3, -0.25) is 28.5 Å². The van der Waals surface area contributed by atoms with E-state index >= 15 is 0 Å². The number of pyridine rings is 1. The summed E-state index contributed by atoms with van der Waals surface area (Å²) in [5, 5.41) is 13.5. The summed E-state index contributed by atoms with van der Waals surface area (Å²) in [6.07, 6.45) is 4.30. The Bertz CT molecular complexity index is 3560. The lowest BCUT2D eigenvalue weighted by molar-refractivity contribution is -0.142. The minimum absolute atomic E-state index is 0.00854. The number of amides is 4. The number of nitrogens with zero attached hydrogens (tertiary/aromatic N) is 3. The average molecular weight is 1210 g/mol. The number of aromatic nitrogens is 3. The fourth-order valence-electron chi connectivity index (χ4n) is 9.79. The molecule has 0 aliphatic heterocycles. The van der Waals surface area contributed by atoms with Crippen LogP contribution in [0, 0.1) is 13.8 Å². The van der Waals surface area contributed by atoms with Gasteiger partial charge in [0.05, 0.1) is 40.8 Å². The Morgan fingerprint density at radius 1 is 0.765 bits per heavy atom.